The van der Waals surface area contributed by atoms with Crippen LogP contribution >= 0.6 is 0 Å². The van der Waals surface area contributed by atoms with Gasteiger partial charge in [-0.05, 0) is 86.9 Å². The summed E-state index contributed by atoms with van der Waals surface area (Å²) in [6.07, 6.45) is 8.30. The molecule has 0 spiro atoms. The number of carboxylic acids is 1. The number of carbonyl (C=O) groups excluding carboxylic acids is 1. The fraction of sp³-hybridized carbons (Fsp3) is 0.409. The lowest BCUT2D eigenvalue weighted by Gasteiger charge is -2.22. The number of sulfonamides is 1. The van der Waals surface area contributed by atoms with E-state index >= 15 is 0 Å². The first-order valence-electron chi connectivity index (χ1n) is 18.5. The van der Waals surface area contributed by atoms with E-state index in [1.54, 1.807) is 18.2 Å². The summed E-state index contributed by atoms with van der Waals surface area (Å²) in [5, 5.41) is 18.4. The Labute approximate surface area is 328 Å². The molecule has 0 unspecified atom stereocenters. The fourth-order valence-electron chi connectivity index (χ4n) is 5.09. The second-order valence-electron chi connectivity index (χ2n) is 16.5. The molecule has 9 nitrogen and oxygen atoms in total. The maximum Gasteiger partial charge on any atom is 0.328 e. The Morgan fingerprint density at radius 1 is 0.782 bits per heavy atom. The van der Waals surface area contributed by atoms with Crippen LogP contribution in [0, 0.1) is 17.7 Å². The van der Waals surface area contributed by atoms with Crippen LogP contribution in [0.3, 0.4) is 0 Å². The van der Waals surface area contributed by atoms with Crippen molar-refractivity contribution in [3.8, 4) is 0 Å². The molecule has 0 saturated carbocycles. The number of halogens is 1. The molecule has 0 fully saturated rings. The first-order chi connectivity index (χ1) is 25.4. The molecule has 5 N–H and O–H groups in total. The number of benzene rings is 3. The molecule has 1 amide bonds. The minimum atomic E-state index is -3.65. The van der Waals surface area contributed by atoms with Gasteiger partial charge in [0.1, 0.15) is 5.82 Å². The quantitative estimate of drug-likeness (QED) is 0.0970. The monoisotopic (exact) mass is 776 g/mol. The van der Waals surface area contributed by atoms with E-state index in [1.807, 2.05) is 12.1 Å². The van der Waals surface area contributed by atoms with Gasteiger partial charge in [-0.1, -0.05) is 106 Å². The van der Waals surface area contributed by atoms with E-state index in [0.717, 1.165) is 41.8 Å². The van der Waals surface area contributed by atoms with Crippen LogP contribution in [0.2, 0.25) is 0 Å². The Bertz CT molecular complexity index is 1970. The zero-order valence-electron chi connectivity index (χ0n) is 34.4. The average molecular weight is 777 g/mol. The van der Waals surface area contributed by atoms with E-state index in [-0.39, 0.29) is 34.5 Å². The van der Waals surface area contributed by atoms with Crippen molar-refractivity contribution >= 4 is 57.2 Å². The number of amides is 1. The van der Waals surface area contributed by atoms with Crippen molar-refractivity contribution in [2.24, 2.45) is 11.8 Å². The zero-order valence-corrected chi connectivity index (χ0v) is 35.2. The van der Waals surface area contributed by atoms with Gasteiger partial charge in [-0.25, -0.2) is 17.6 Å². The lowest BCUT2D eigenvalue weighted by atomic mass is 9.86. The van der Waals surface area contributed by atoms with Gasteiger partial charge in [0.05, 0.1) is 11.9 Å². The third-order valence-corrected chi connectivity index (χ3v) is 8.79. The summed E-state index contributed by atoms with van der Waals surface area (Å²) < 4.78 is 39.6. The summed E-state index contributed by atoms with van der Waals surface area (Å²) in [6.45, 7) is 26.9. The topological polar surface area (TPSA) is 137 Å². The van der Waals surface area contributed by atoms with E-state index < -0.39 is 21.8 Å². The van der Waals surface area contributed by atoms with Gasteiger partial charge in [0.15, 0.2) is 0 Å². The van der Waals surface area contributed by atoms with Crippen molar-refractivity contribution in [2.75, 3.05) is 34.7 Å². The number of carboxylic acid groups (broad SMARTS) is 1. The Morgan fingerprint density at radius 2 is 1.25 bits per heavy atom. The highest BCUT2D eigenvalue weighted by Crippen LogP contribution is 2.30. The van der Waals surface area contributed by atoms with Gasteiger partial charge in [-0.2, -0.15) is 0 Å². The predicted molar refractivity (Wildman–Crippen MR) is 229 cm³/mol. The molecule has 0 aliphatic rings. The number of carbonyl (C=O) groups is 2. The standard InChI is InChI=1S/C27H36FN3O3S.C17H25NO2/c1-8-20-13-19(14-23(28)26(20)31-35(7,33)34)17-30-25(32)12-10-21-9-11-22(27(4,5)6)15-24(21)29-16-18(2)3;1-12(2)11-18-15-10-14(17(3,4)5)8-6-13(15)7-9-16(19)20/h8-15,18,29,31H,1,16-17H2,2-7H3,(H,30,32);6-10,12,18H,11H2,1-5H3,(H,19,20). The first kappa shape index (κ1) is 46.3. The van der Waals surface area contributed by atoms with Crippen LogP contribution < -0.4 is 20.7 Å². The van der Waals surface area contributed by atoms with Crippen LogP contribution in [0.25, 0.3) is 18.2 Å². The van der Waals surface area contributed by atoms with Gasteiger partial charge in [0.2, 0.25) is 15.9 Å². The maximum absolute atomic E-state index is 14.5. The van der Waals surface area contributed by atoms with Gasteiger partial charge < -0.3 is 21.1 Å². The Morgan fingerprint density at radius 3 is 1.65 bits per heavy atom. The van der Waals surface area contributed by atoms with Gasteiger partial charge in [-0.3, -0.25) is 9.52 Å². The number of rotatable bonds is 15. The summed E-state index contributed by atoms with van der Waals surface area (Å²) in [5.74, 6) is -1.01. The van der Waals surface area contributed by atoms with Crippen LogP contribution in [0.1, 0.15) is 103 Å². The SMILES string of the molecule is C=Cc1cc(CNC(=O)C=Cc2ccc(C(C)(C)C)cc2NCC(C)C)cc(F)c1NS(C)(=O)=O.CC(C)CNc1cc(C(C)(C)C)ccc1C=CC(=O)O. The maximum atomic E-state index is 14.5. The van der Waals surface area contributed by atoms with E-state index in [0.29, 0.717) is 17.4 Å². The smallest absolute Gasteiger partial charge is 0.328 e. The van der Waals surface area contributed by atoms with Crippen LogP contribution in [-0.2, 0) is 37.0 Å². The van der Waals surface area contributed by atoms with Crippen molar-refractivity contribution in [1.82, 2.24) is 5.32 Å². The van der Waals surface area contributed by atoms with Crippen LogP contribution in [0.5, 0.6) is 0 Å². The van der Waals surface area contributed by atoms with Crippen molar-refractivity contribution in [3.63, 3.8) is 0 Å². The molecule has 0 bridgehead atoms. The van der Waals surface area contributed by atoms with E-state index in [4.69, 9.17) is 5.11 Å². The normalized spacial score (nSPS) is 12.1. The molecule has 0 heterocycles. The van der Waals surface area contributed by atoms with Crippen molar-refractivity contribution in [2.45, 2.75) is 86.6 Å². The van der Waals surface area contributed by atoms with Crippen LogP contribution in [0.15, 0.2) is 67.3 Å². The van der Waals surface area contributed by atoms with Gasteiger partial charge in [0.25, 0.3) is 0 Å². The minimum absolute atomic E-state index is 0.000170. The molecule has 300 valence electrons. The molecule has 0 aliphatic heterocycles. The largest absolute Gasteiger partial charge is 0.478 e. The van der Waals surface area contributed by atoms with Gasteiger partial charge >= 0.3 is 5.97 Å². The summed E-state index contributed by atoms with van der Waals surface area (Å²) in [7, 11) is -3.65. The van der Waals surface area contributed by atoms with Crippen molar-refractivity contribution < 1.29 is 27.5 Å². The first-order valence-corrected chi connectivity index (χ1v) is 20.3. The minimum Gasteiger partial charge on any atom is -0.478 e. The summed E-state index contributed by atoms with van der Waals surface area (Å²) in [6, 6.07) is 15.1. The molecule has 0 atom stereocenters. The van der Waals surface area contributed by atoms with Crippen molar-refractivity contribution in [3.05, 3.63) is 106 Å². The molecule has 0 aromatic heterocycles. The molecular weight excluding hydrogens is 716 g/mol. The fourth-order valence-corrected chi connectivity index (χ4v) is 5.67. The second-order valence-corrected chi connectivity index (χ2v) is 18.2. The highest BCUT2D eigenvalue weighted by atomic mass is 32.2. The Kier molecular flexibility index (Phi) is 16.9. The lowest BCUT2D eigenvalue weighted by Crippen LogP contribution is -2.21. The van der Waals surface area contributed by atoms with Gasteiger partial charge in [-0.15, -0.1) is 0 Å². The zero-order chi connectivity index (χ0) is 41.7. The predicted octanol–water partition coefficient (Wildman–Crippen LogP) is 9.69. The highest BCUT2D eigenvalue weighted by molar-refractivity contribution is 7.92. The molecular formula is C44H61FN4O5S. The average Bonchev–Trinajstić information content (AvgIpc) is 3.07. The van der Waals surface area contributed by atoms with E-state index in [1.165, 1.54) is 35.4 Å². The molecule has 0 saturated heterocycles. The van der Waals surface area contributed by atoms with Crippen LogP contribution in [-0.4, -0.2) is 44.7 Å². The van der Waals surface area contributed by atoms with E-state index in [2.05, 4.69) is 121 Å². The molecule has 3 rings (SSSR count). The number of aliphatic carboxylic acids is 1. The molecule has 11 heteroatoms. The summed E-state index contributed by atoms with van der Waals surface area (Å²) in [5.41, 5.74) is 6.84. The third kappa shape index (κ3) is 16.6. The molecule has 0 aliphatic carbocycles. The molecule has 55 heavy (non-hydrogen) atoms. The Balaban J connectivity index is 0.000000443. The molecule has 0 radical (unpaired) electrons. The van der Waals surface area contributed by atoms with Gasteiger partial charge in [0, 0.05) is 48.7 Å². The highest BCUT2D eigenvalue weighted by Gasteiger charge is 2.17. The second kappa shape index (κ2) is 20.1. The third-order valence-electron chi connectivity index (χ3n) is 8.21. The Hall–Kier alpha value is -4.90. The number of hydrogen-bond acceptors (Lipinski definition) is 6. The molecule has 3 aromatic carbocycles. The van der Waals surface area contributed by atoms with Crippen molar-refractivity contribution in [1.29, 1.82) is 0 Å². The number of anilines is 3. The molecule has 3 aromatic rings. The summed E-state index contributed by atoms with van der Waals surface area (Å²) >= 11 is 0. The van der Waals surface area contributed by atoms with E-state index in [9.17, 15) is 22.4 Å². The summed E-state index contributed by atoms with van der Waals surface area (Å²) in [4.78, 5) is 23.1. The van der Waals surface area contributed by atoms with Crippen LogP contribution in [0.4, 0.5) is 21.5 Å². The number of nitrogens with one attached hydrogen (secondary N) is 4. The lowest BCUT2D eigenvalue weighted by molar-refractivity contribution is -0.131. The number of hydrogen-bond donors (Lipinski definition) is 5.